The molecule has 0 unspecified atom stereocenters. The number of pyridine rings is 1. The van der Waals surface area contributed by atoms with Crippen LogP contribution in [-0.4, -0.2) is 45.9 Å². The van der Waals surface area contributed by atoms with Crippen molar-refractivity contribution in [3.63, 3.8) is 0 Å². The highest BCUT2D eigenvalue weighted by molar-refractivity contribution is 7.19. The number of nitrogens with two attached hydrogens (primary N) is 1. The lowest BCUT2D eigenvalue weighted by atomic mass is 10.1. The Morgan fingerprint density at radius 2 is 1.87 bits per heavy atom. The van der Waals surface area contributed by atoms with Crippen LogP contribution in [0.2, 0.25) is 0 Å². The van der Waals surface area contributed by atoms with Gasteiger partial charge in [0.2, 0.25) is 5.95 Å². The molecule has 4 heterocycles. The molecule has 0 bridgehead atoms. The van der Waals surface area contributed by atoms with E-state index < -0.39 is 5.82 Å². The van der Waals surface area contributed by atoms with E-state index in [-0.39, 0.29) is 11.9 Å². The molecule has 0 aromatic carbocycles. The highest BCUT2D eigenvalue weighted by atomic mass is 32.1. The van der Waals surface area contributed by atoms with E-state index >= 15 is 0 Å². The van der Waals surface area contributed by atoms with Gasteiger partial charge in [-0.3, -0.25) is 9.78 Å². The Labute approximate surface area is 186 Å². The predicted molar refractivity (Wildman–Crippen MR) is 125 cm³/mol. The van der Waals surface area contributed by atoms with Gasteiger partial charge in [0.15, 0.2) is 5.69 Å². The number of nitrogens with one attached hydrogen (secondary N) is 1. The van der Waals surface area contributed by atoms with Crippen molar-refractivity contribution in [3.05, 3.63) is 46.5 Å². The van der Waals surface area contributed by atoms with E-state index in [0.29, 0.717) is 17.2 Å². The molecule has 1 saturated heterocycles. The van der Waals surface area contributed by atoms with Gasteiger partial charge in [-0.1, -0.05) is 13.8 Å². The number of likely N-dealkylation sites (tertiary alicyclic amines) is 1. The number of amides is 1. The number of rotatable bonds is 4. The first-order valence-corrected chi connectivity index (χ1v) is 11.3. The van der Waals surface area contributed by atoms with E-state index in [1.165, 1.54) is 30.6 Å². The Kier molecular flexibility index (Phi) is 9.26. The second-order valence-corrected chi connectivity index (χ2v) is 8.03. The van der Waals surface area contributed by atoms with Crippen molar-refractivity contribution < 1.29 is 9.18 Å². The van der Waals surface area contributed by atoms with Gasteiger partial charge in [0.1, 0.15) is 5.82 Å². The van der Waals surface area contributed by atoms with Crippen LogP contribution in [0.4, 0.5) is 10.3 Å². The summed E-state index contributed by atoms with van der Waals surface area (Å²) in [5, 5.41) is 3.18. The molecule has 1 atom stereocenters. The predicted octanol–water partition coefficient (Wildman–Crippen LogP) is 4.54. The van der Waals surface area contributed by atoms with Gasteiger partial charge in [-0.2, -0.15) is 0 Å². The maximum absolute atomic E-state index is 13.4. The molecular weight excluding hydrogens is 415 g/mol. The number of anilines is 1. The molecular formula is C22H31FN6OS. The summed E-state index contributed by atoms with van der Waals surface area (Å²) >= 11 is 1.53. The minimum atomic E-state index is -0.393. The molecule has 3 aromatic heterocycles. The molecule has 0 aliphatic carbocycles. The standard InChI is InChI=1S/C19H20FN5OS.C2H6.CH5N/c1-11-7-15-17(27-11)16(18(26)25-5-3-4-6-25)24-19(23-15)22-12(2)13-8-14(20)10-21-9-13;2*1-2/h7-10,12H,3-6H2,1-2H3,(H,22,23,24);1-2H3;2H2,1H3/t12-;;/m0../s1. The van der Waals surface area contributed by atoms with Crippen LogP contribution in [0, 0.1) is 12.7 Å². The summed E-state index contributed by atoms with van der Waals surface area (Å²) in [6, 6.07) is 3.14. The summed E-state index contributed by atoms with van der Waals surface area (Å²) in [6.07, 6.45) is 4.82. The summed E-state index contributed by atoms with van der Waals surface area (Å²) in [5.41, 5.74) is 6.38. The van der Waals surface area contributed by atoms with E-state index in [1.807, 2.05) is 38.7 Å². The van der Waals surface area contributed by atoms with E-state index in [4.69, 9.17) is 0 Å². The summed E-state index contributed by atoms with van der Waals surface area (Å²) < 4.78 is 14.3. The van der Waals surface area contributed by atoms with Crippen LogP contribution in [0.25, 0.3) is 10.2 Å². The number of fused-ring (bicyclic) bond motifs is 1. The zero-order chi connectivity index (χ0) is 23.0. The van der Waals surface area contributed by atoms with E-state index in [1.54, 1.807) is 6.20 Å². The summed E-state index contributed by atoms with van der Waals surface area (Å²) in [4.78, 5) is 28.9. The van der Waals surface area contributed by atoms with Crippen LogP contribution < -0.4 is 11.1 Å². The molecule has 1 amide bonds. The second kappa shape index (κ2) is 11.7. The van der Waals surface area contributed by atoms with Gasteiger partial charge in [-0.15, -0.1) is 11.3 Å². The molecule has 0 radical (unpaired) electrons. The van der Waals surface area contributed by atoms with Crippen molar-refractivity contribution in [2.45, 2.75) is 46.6 Å². The number of nitrogens with zero attached hydrogens (tertiary/aromatic N) is 4. The van der Waals surface area contributed by atoms with Gasteiger partial charge in [0.05, 0.1) is 22.5 Å². The lowest BCUT2D eigenvalue weighted by Gasteiger charge is -2.17. The first kappa shape index (κ1) is 24.6. The molecule has 9 heteroatoms. The van der Waals surface area contributed by atoms with E-state index in [0.717, 1.165) is 41.0 Å². The largest absolute Gasteiger partial charge is 0.348 e. The number of aryl methyl sites for hydroxylation is 1. The Balaban J connectivity index is 0.000000807. The third-order valence-electron chi connectivity index (χ3n) is 4.66. The molecule has 4 rings (SSSR count). The number of hydrogen-bond donors (Lipinski definition) is 2. The van der Waals surface area contributed by atoms with Crippen LogP contribution in [0.15, 0.2) is 24.5 Å². The average Bonchev–Trinajstić information content (AvgIpc) is 3.45. The number of carbonyl (C=O) groups is 1. The van der Waals surface area contributed by atoms with Crippen molar-refractivity contribution in [1.29, 1.82) is 0 Å². The smallest absolute Gasteiger partial charge is 0.274 e. The molecule has 7 nitrogen and oxygen atoms in total. The fourth-order valence-electron chi connectivity index (χ4n) is 3.27. The molecule has 1 aliphatic heterocycles. The van der Waals surface area contributed by atoms with Gasteiger partial charge >= 0.3 is 0 Å². The topological polar surface area (TPSA) is 97.0 Å². The Morgan fingerprint density at radius 3 is 2.52 bits per heavy atom. The Morgan fingerprint density at radius 1 is 1.19 bits per heavy atom. The van der Waals surface area contributed by atoms with Gasteiger partial charge in [0.25, 0.3) is 5.91 Å². The maximum atomic E-state index is 13.4. The van der Waals surface area contributed by atoms with Crippen molar-refractivity contribution in [2.24, 2.45) is 5.73 Å². The molecule has 1 aliphatic rings. The first-order chi connectivity index (χ1) is 15.0. The van der Waals surface area contributed by atoms with Crippen LogP contribution >= 0.6 is 11.3 Å². The molecule has 168 valence electrons. The van der Waals surface area contributed by atoms with E-state index in [9.17, 15) is 9.18 Å². The maximum Gasteiger partial charge on any atom is 0.274 e. The van der Waals surface area contributed by atoms with Gasteiger partial charge in [-0.05, 0) is 51.4 Å². The van der Waals surface area contributed by atoms with Crippen molar-refractivity contribution in [3.8, 4) is 0 Å². The van der Waals surface area contributed by atoms with Gasteiger partial charge in [-0.25, -0.2) is 14.4 Å². The first-order valence-electron chi connectivity index (χ1n) is 10.5. The monoisotopic (exact) mass is 446 g/mol. The third kappa shape index (κ3) is 5.95. The molecule has 1 fully saturated rings. The zero-order valence-electron chi connectivity index (χ0n) is 18.8. The normalized spacial score (nSPS) is 13.7. The van der Waals surface area contributed by atoms with E-state index in [2.05, 4.69) is 26.0 Å². The minimum Gasteiger partial charge on any atom is -0.348 e. The number of aromatic nitrogens is 3. The fraction of sp³-hybridized carbons (Fsp3) is 0.455. The Bertz CT molecular complexity index is 1000. The average molecular weight is 447 g/mol. The highest BCUT2D eigenvalue weighted by Crippen LogP contribution is 2.29. The summed E-state index contributed by atoms with van der Waals surface area (Å²) in [7, 11) is 1.50. The van der Waals surface area contributed by atoms with Gasteiger partial charge in [0, 0.05) is 24.2 Å². The lowest BCUT2D eigenvalue weighted by Crippen LogP contribution is -2.28. The number of carbonyl (C=O) groups excluding carboxylic acids is 1. The molecule has 0 saturated carbocycles. The van der Waals surface area contributed by atoms with Crippen LogP contribution in [0.1, 0.15) is 60.6 Å². The van der Waals surface area contributed by atoms with Crippen molar-refractivity contribution in [1.82, 2.24) is 19.9 Å². The third-order valence-corrected chi connectivity index (χ3v) is 5.71. The highest BCUT2D eigenvalue weighted by Gasteiger charge is 2.25. The second-order valence-electron chi connectivity index (χ2n) is 6.77. The molecule has 0 spiro atoms. The summed E-state index contributed by atoms with van der Waals surface area (Å²) in [6.45, 7) is 9.40. The Hall–Kier alpha value is -2.65. The minimum absolute atomic E-state index is 0.0510. The number of thiophene rings is 1. The lowest BCUT2D eigenvalue weighted by molar-refractivity contribution is 0.0789. The van der Waals surface area contributed by atoms with Crippen LogP contribution in [0.3, 0.4) is 0 Å². The molecule has 3 aromatic rings. The van der Waals surface area contributed by atoms with Crippen molar-refractivity contribution >= 4 is 33.4 Å². The van der Waals surface area contributed by atoms with Crippen LogP contribution in [0.5, 0.6) is 0 Å². The van der Waals surface area contributed by atoms with Crippen LogP contribution in [-0.2, 0) is 0 Å². The molecule has 31 heavy (non-hydrogen) atoms. The van der Waals surface area contributed by atoms with Crippen molar-refractivity contribution in [2.75, 3.05) is 25.5 Å². The number of hydrogen-bond acceptors (Lipinski definition) is 7. The SMILES string of the molecule is CC.CN.Cc1cc2nc(N[C@@H](C)c3cncc(F)c3)nc(C(=O)N3CCCC3)c2s1. The fourth-order valence-corrected chi connectivity index (χ4v) is 4.20. The molecule has 3 N–H and O–H groups in total. The zero-order valence-corrected chi connectivity index (χ0v) is 19.6. The summed E-state index contributed by atoms with van der Waals surface area (Å²) in [5.74, 6) is -0.0830. The van der Waals surface area contributed by atoms with Gasteiger partial charge < -0.3 is 16.0 Å². The number of halogens is 1. The quantitative estimate of drug-likeness (QED) is 0.610.